The summed E-state index contributed by atoms with van der Waals surface area (Å²) in [6.45, 7) is 6.89. The number of ether oxygens (including phenoxy) is 3. The first-order chi connectivity index (χ1) is 12.3. The Hall–Kier alpha value is -2.28. The fourth-order valence-corrected chi connectivity index (χ4v) is 2.84. The monoisotopic (exact) mass is 364 g/mol. The standard InChI is InChI=1S/C19H28N2O5/c1-19(2,3)26-17(22)20-16-11-21(10-15(16)13-24-4)18(23)25-12-14-8-6-5-7-9-14/h5-9,15-16H,10-13H2,1-4H3,(H,20,22). The number of methoxy groups -OCH3 is 1. The topological polar surface area (TPSA) is 77.1 Å². The molecule has 7 heteroatoms. The maximum atomic E-state index is 12.3. The Morgan fingerprint density at radius 1 is 1.19 bits per heavy atom. The third-order valence-corrected chi connectivity index (χ3v) is 3.99. The molecular weight excluding hydrogens is 336 g/mol. The zero-order chi connectivity index (χ0) is 19.2. The van der Waals surface area contributed by atoms with Crippen LogP contribution in [0.5, 0.6) is 0 Å². The highest BCUT2D eigenvalue weighted by atomic mass is 16.6. The summed E-state index contributed by atoms with van der Waals surface area (Å²) in [5, 5.41) is 2.84. The third kappa shape index (κ3) is 6.22. The molecule has 0 aromatic heterocycles. The van der Waals surface area contributed by atoms with E-state index in [1.807, 2.05) is 30.3 Å². The molecule has 0 aliphatic carbocycles. The second kappa shape index (κ2) is 8.89. The van der Waals surface area contributed by atoms with Gasteiger partial charge >= 0.3 is 12.2 Å². The Balaban J connectivity index is 1.90. The molecule has 1 aromatic rings. The first kappa shape index (κ1) is 20.0. The molecule has 2 amide bonds. The van der Waals surface area contributed by atoms with E-state index in [0.29, 0.717) is 19.7 Å². The predicted molar refractivity (Wildman–Crippen MR) is 96.7 cm³/mol. The normalized spacial score (nSPS) is 19.9. The first-order valence-corrected chi connectivity index (χ1v) is 8.72. The summed E-state index contributed by atoms with van der Waals surface area (Å²) < 4.78 is 15.9. The van der Waals surface area contributed by atoms with Crippen LogP contribution in [-0.4, -0.2) is 55.5 Å². The van der Waals surface area contributed by atoms with Gasteiger partial charge < -0.3 is 24.4 Å². The van der Waals surface area contributed by atoms with E-state index in [1.165, 1.54) is 0 Å². The lowest BCUT2D eigenvalue weighted by Gasteiger charge is -2.23. The summed E-state index contributed by atoms with van der Waals surface area (Å²) in [5.41, 5.74) is 0.352. The second-order valence-electron chi connectivity index (χ2n) is 7.41. The van der Waals surface area contributed by atoms with Crippen molar-refractivity contribution in [1.29, 1.82) is 0 Å². The van der Waals surface area contributed by atoms with Crippen molar-refractivity contribution in [3.05, 3.63) is 35.9 Å². The lowest BCUT2D eigenvalue weighted by Crippen LogP contribution is -2.44. The molecule has 26 heavy (non-hydrogen) atoms. The number of amides is 2. The van der Waals surface area contributed by atoms with Crippen LogP contribution in [0.25, 0.3) is 0 Å². The first-order valence-electron chi connectivity index (χ1n) is 8.72. The average Bonchev–Trinajstić information content (AvgIpc) is 2.95. The number of alkyl carbamates (subject to hydrolysis) is 1. The molecule has 1 fully saturated rings. The van der Waals surface area contributed by atoms with Crippen molar-refractivity contribution in [3.63, 3.8) is 0 Å². The van der Waals surface area contributed by atoms with Crippen LogP contribution in [0.1, 0.15) is 26.3 Å². The lowest BCUT2D eigenvalue weighted by atomic mass is 10.1. The van der Waals surface area contributed by atoms with Crippen LogP contribution >= 0.6 is 0 Å². The zero-order valence-corrected chi connectivity index (χ0v) is 15.9. The maximum absolute atomic E-state index is 12.3. The molecule has 2 unspecified atom stereocenters. The van der Waals surface area contributed by atoms with E-state index >= 15 is 0 Å². The summed E-state index contributed by atoms with van der Waals surface area (Å²) in [7, 11) is 1.60. The Labute approximate surface area is 154 Å². The summed E-state index contributed by atoms with van der Waals surface area (Å²) in [5.74, 6) is -0.0169. The van der Waals surface area contributed by atoms with Gasteiger partial charge in [0.05, 0.1) is 12.6 Å². The molecule has 7 nitrogen and oxygen atoms in total. The number of hydrogen-bond acceptors (Lipinski definition) is 5. The number of carbonyl (C=O) groups excluding carboxylic acids is 2. The van der Waals surface area contributed by atoms with Gasteiger partial charge in [0.1, 0.15) is 12.2 Å². The smallest absolute Gasteiger partial charge is 0.410 e. The van der Waals surface area contributed by atoms with Gasteiger partial charge in [0.25, 0.3) is 0 Å². The van der Waals surface area contributed by atoms with Gasteiger partial charge in [-0.3, -0.25) is 0 Å². The Morgan fingerprint density at radius 2 is 1.88 bits per heavy atom. The third-order valence-electron chi connectivity index (χ3n) is 3.99. The highest BCUT2D eigenvalue weighted by Crippen LogP contribution is 2.20. The lowest BCUT2D eigenvalue weighted by molar-refractivity contribution is 0.0479. The molecule has 0 radical (unpaired) electrons. The minimum absolute atomic E-state index is 0.0169. The largest absolute Gasteiger partial charge is 0.445 e. The molecule has 1 aliphatic heterocycles. The van der Waals surface area contributed by atoms with Crippen molar-refractivity contribution in [2.45, 2.75) is 39.0 Å². The van der Waals surface area contributed by atoms with E-state index in [9.17, 15) is 9.59 Å². The van der Waals surface area contributed by atoms with Gasteiger partial charge in [-0.25, -0.2) is 9.59 Å². The fourth-order valence-electron chi connectivity index (χ4n) is 2.84. The van der Waals surface area contributed by atoms with Gasteiger partial charge in [-0.05, 0) is 26.3 Å². The van der Waals surface area contributed by atoms with E-state index in [0.717, 1.165) is 5.56 Å². The number of benzene rings is 1. The molecule has 0 spiro atoms. The van der Waals surface area contributed by atoms with Crippen LogP contribution in [-0.2, 0) is 20.8 Å². The van der Waals surface area contributed by atoms with Crippen LogP contribution < -0.4 is 5.32 Å². The van der Waals surface area contributed by atoms with Crippen LogP contribution in [0.3, 0.4) is 0 Å². The summed E-state index contributed by atoms with van der Waals surface area (Å²) in [6.07, 6.45) is -0.897. The van der Waals surface area contributed by atoms with Gasteiger partial charge in [-0.1, -0.05) is 30.3 Å². The molecule has 1 aromatic carbocycles. The van der Waals surface area contributed by atoms with Crippen molar-refractivity contribution in [2.24, 2.45) is 5.92 Å². The Kier molecular flexibility index (Phi) is 6.85. The minimum atomic E-state index is -0.576. The Bertz CT molecular complexity index is 600. The highest BCUT2D eigenvalue weighted by Gasteiger charge is 2.37. The summed E-state index contributed by atoms with van der Waals surface area (Å²) >= 11 is 0. The average molecular weight is 364 g/mol. The van der Waals surface area contributed by atoms with Crippen molar-refractivity contribution in [2.75, 3.05) is 26.8 Å². The molecule has 144 valence electrons. The molecule has 0 saturated carbocycles. The molecule has 1 aliphatic rings. The molecule has 1 heterocycles. The van der Waals surface area contributed by atoms with Crippen molar-refractivity contribution >= 4 is 12.2 Å². The molecule has 0 bridgehead atoms. The molecular formula is C19H28N2O5. The number of nitrogens with zero attached hydrogens (tertiary/aromatic N) is 1. The quantitative estimate of drug-likeness (QED) is 0.869. The van der Waals surface area contributed by atoms with Crippen LogP contribution in [0.4, 0.5) is 9.59 Å². The van der Waals surface area contributed by atoms with Crippen molar-refractivity contribution in [1.82, 2.24) is 10.2 Å². The van der Waals surface area contributed by atoms with Crippen LogP contribution in [0.15, 0.2) is 30.3 Å². The van der Waals surface area contributed by atoms with Gasteiger partial charge in [0.2, 0.25) is 0 Å². The zero-order valence-electron chi connectivity index (χ0n) is 15.9. The predicted octanol–water partition coefficient (Wildman–Crippen LogP) is 2.79. The molecule has 2 rings (SSSR count). The number of hydrogen-bond donors (Lipinski definition) is 1. The maximum Gasteiger partial charge on any atom is 0.410 e. The van der Waals surface area contributed by atoms with Gasteiger partial charge in [-0.2, -0.15) is 0 Å². The van der Waals surface area contributed by atoms with E-state index in [-0.39, 0.29) is 18.6 Å². The highest BCUT2D eigenvalue weighted by molar-refractivity contribution is 5.70. The Morgan fingerprint density at radius 3 is 2.50 bits per heavy atom. The SMILES string of the molecule is COCC1CN(C(=O)OCc2ccccc2)CC1NC(=O)OC(C)(C)C. The fraction of sp³-hybridized carbons (Fsp3) is 0.579. The van der Waals surface area contributed by atoms with Gasteiger partial charge in [0, 0.05) is 26.1 Å². The van der Waals surface area contributed by atoms with Crippen LogP contribution in [0, 0.1) is 5.92 Å². The van der Waals surface area contributed by atoms with E-state index in [1.54, 1.807) is 32.8 Å². The molecule has 2 atom stereocenters. The van der Waals surface area contributed by atoms with E-state index in [4.69, 9.17) is 14.2 Å². The van der Waals surface area contributed by atoms with E-state index in [2.05, 4.69) is 5.32 Å². The number of rotatable bonds is 5. The van der Waals surface area contributed by atoms with Crippen molar-refractivity contribution < 1.29 is 23.8 Å². The number of nitrogens with one attached hydrogen (secondary N) is 1. The molecule has 1 N–H and O–H groups in total. The van der Waals surface area contributed by atoms with E-state index < -0.39 is 17.8 Å². The van der Waals surface area contributed by atoms with Gasteiger partial charge in [-0.15, -0.1) is 0 Å². The van der Waals surface area contributed by atoms with Crippen molar-refractivity contribution in [3.8, 4) is 0 Å². The minimum Gasteiger partial charge on any atom is -0.445 e. The summed E-state index contributed by atoms with van der Waals surface area (Å²) in [4.78, 5) is 26.0. The van der Waals surface area contributed by atoms with Gasteiger partial charge in [0.15, 0.2) is 0 Å². The van der Waals surface area contributed by atoms with Crippen LogP contribution in [0.2, 0.25) is 0 Å². The molecule has 1 saturated heterocycles. The summed E-state index contributed by atoms with van der Waals surface area (Å²) in [6, 6.07) is 9.26. The second-order valence-corrected chi connectivity index (χ2v) is 7.41. The number of carbonyl (C=O) groups is 2. The number of likely N-dealkylation sites (tertiary alicyclic amines) is 1.